The zero-order chi connectivity index (χ0) is 9.68. The molecule has 1 aliphatic carbocycles. The fourth-order valence-corrected chi connectivity index (χ4v) is 1.19. The zero-order valence-corrected chi connectivity index (χ0v) is 7.95. The minimum atomic E-state index is -0.936. The smallest absolute Gasteiger partial charge is 0.329 e. The van der Waals surface area contributed by atoms with Crippen molar-refractivity contribution in [3.05, 3.63) is 23.8 Å². The first-order valence-electron chi connectivity index (χ1n) is 3.97. The van der Waals surface area contributed by atoms with Gasteiger partial charge in [0.1, 0.15) is 0 Å². The average molecular weight is 197 g/mol. The van der Waals surface area contributed by atoms with Crippen LogP contribution in [0.3, 0.4) is 0 Å². The molecule has 0 heterocycles. The number of carboxylic acid groups (broad SMARTS) is 1. The largest absolute Gasteiger partial charge is 0.480 e. The number of hydrogen-bond donors (Lipinski definition) is 2. The summed E-state index contributed by atoms with van der Waals surface area (Å²) in [5.74, 6) is -0.711. The Bertz CT molecular complexity index is 281. The second kappa shape index (κ2) is 4.87. The van der Waals surface area contributed by atoms with Gasteiger partial charge < -0.3 is 5.11 Å². The number of aliphatic imine (C=N–C) groups is 1. The van der Waals surface area contributed by atoms with Crippen molar-refractivity contribution in [1.82, 2.24) is 0 Å². The van der Waals surface area contributed by atoms with Gasteiger partial charge in [-0.2, -0.15) is 12.6 Å². The summed E-state index contributed by atoms with van der Waals surface area (Å²) in [7, 11) is 0. The predicted molar refractivity (Wildman–Crippen MR) is 55.6 cm³/mol. The number of carboxylic acids is 1. The van der Waals surface area contributed by atoms with Crippen LogP contribution in [-0.2, 0) is 4.79 Å². The van der Waals surface area contributed by atoms with Gasteiger partial charge in [0.05, 0.1) is 0 Å². The maximum atomic E-state index is 10.5. The van der Waals surface area contributed by atoms with Crippen LogP contribution in [0.15, 0.2) is 28.8 Å². The van der Waals surface area contributed by atoms with Crippen LogP contribution < -0.4 is 0 Å². The van der Waals surface area contributed by atoms with Crippen LogP contribution in [0.25, 0.3) is 0 Å². The van der Waals surface area contributed by atoms with Gasteiger partial charge in [0, 0.05) is 12.0 Å². The van der Waals surface area contributed by atoms with Crippen LogP contribution in [0, 0.1) is 0 Å². The molecule has 70 valence electrons. The van der Waals surface area contributed by atoms with Crippen molar-refractivity contribution in [2.75, 3.05) is 5.75 Å². The Balaban J connectivity index is 2.54. The Labute approximate surface area is 82.3 Å². The lowest BCUT2D eigenvalue weighted by Crippen LogP contribution is -2.19. The Kier molecular flexibility index (Phi) is 3.76. The molecular weight excluding hydrogens is 186 g/mol. The molecule has 0 aliphatic heterocycles. The van der Waals surface area contributed by atoms with E-state index in [0.29, 0.717) is 0 Å². The van der Waals surface area contributed by atoms with E-state index in [1.165, 1.54) is 0 Å². The van der Waals surface area contributed by atoms with Crippen LogP contribution in [0.4, 0.5) is 0 Å². The molecule has 1 atom stereocenters. The molecule has 0 radical (unpaired) electrons. The summed E-state index contributed by atoms with van der Waals surface area (Å²) in [5, 5.41) is 8.65. The van der Waals surface area contributed by atoms with Gasteiger partial charge >= 0.3 is 5.97 Å². The van der Waals surface area contributed by atoms with Crippen molar-refractivity contribution in [3.63, 3.8) is 0 Å². The van der Waals surface area contributed by atoms with Crippen molar-refractivity contribution in [1.29, 1.82) is 0 Å². The normalized spacial score (nSPS) is 17.8. The van der Waals surface area contributed by atoms with Crippen LogP contribution in [0.1, 0.15) is 6.42 Å². The third-order valence-electron chi connectivity index (χ3n) is 1.66. The number of thiol groups is 1. The minimum Gasteiger partial charge on any atom is -0.480 e. The second-order valence-electron chi connectivity index (χ2n) is 2.66. The van der Waals surface area contributed by atoms with Crippen molar-refractivity contribution in [3.8, 4) is 0 Å². The second-order valence-corrected chi connectivity index (χ2v) is 3.02. The molecule has 1 N–H and O–H groups in total. The van der Waals surface area contributed by atoms with Crippen molar-refractivity contribution in [2.24, 2.45) is 4.99 Å². The van der Waals surface area contributed by atoms with Gasteiger partial charge in [-0.05, 0) is 12.0 Å². The maximum Gasteiger partial charge on any atom is 0.329 e. The van der Waals surface area contributed by atoms with E-state index in [0.717, 1.165) is 12.0 Å². The van der Waals surface area contributed by atoms with E-state index in [1.54, 1.807) is 6.21 Å². The van der Waals surface area contributed by atoms with E-state index in [4.69, 9.17) is 5.11 Å². The van der Waals surface area contributed by atoms with E-state index >= 15 is 0 Å². The molecule has 0 aromatic rings. The lowest BCUT2D eigenvalue weighted by atomic mass is 10.3. The van der Waals surface area contributed by atoms with E-state index in [1.807, 2.05) is 18.2 Å². The number of allylic oxidation sites excluding steroid dienone is 4. The molecule has 0 spiro atoms. The molecule has 13 heavy (non-hydrogen) atoms. The summed E-state index contributed by atoms with van der Waals surface area (Å²) in [6.45, 7) is 0. The van der Waals surface area contributed by atoms with Gasteiger partial charge in [0.2, 0.25) is 0 Å². The lowest BCUT2D eigenvalue weighted by Gasteiger charge is -2.01. The summed E-state index contributed by atoms with van der Waals surface area (Å²) in [6.07, 6.45) is 8.39. The van der Waals surface area contributed by atoms with Crippen LogP contribution in [0.5, 0.6) is 0 Å². The highest BCUT2D eigenvalue weighted by Crippen LogP contribution is 2.06. The highest BCUT2D eigenvalue weighted by Gasteiger charge is 2.12. The summed E-state index contributed by atoms with van der Waals surface area (Å²) in [4.78, 5) is 14.4. The van der Waals surface area contributed by atoms with Crippen molar-refractivity contribution >= 4 is 24.8 Å². The fraction of sp³-hybridized carbons (Fsp3) is 0.333. The molecule has 0 saturated carbocycles. The van der Waals surface area contributed by atoms with Crippen LogP contribution in [0.2, 0.25) is 0 Å². The summed E-state index contributed by atoms with van der Waals surface area (Å²) < 4.78 is 0. The monoisotopic (exact) mass is 197 g/mol. The quantitative estimate of drug-likeness (QED) is 0.527. The highest BCUT2D eigenvalue weighted by molar-refractivity contribution is 7.80. The van der Waals surface area contributed by atoms with Gasteiger partial charge in [-0.25, -0.2) is 4.79 Å². The average Bonchev–Trinajstić information content (AvgIpc) is 2.57. The molecule has 1 aliphatic rings. The van der Waals surface area contributed by atoms with Gasteiger partial charge in [-0.3, -0.25) is 4.99 Å². The van der Waals surface area contributed by atoms with Crippen molar-refractivity contribution in [2.45, 2.75) is 12.5 Å². The van der Waals surface area contributed by atoms with Gasteiger partial charge in [-0.15, -0.1) is 0 Å². The molecule has 0 amide bonds. The molecule has 1 unspecified atom stereocenters. The van der Waals surface area contributed by atoms with Crippen molar-refractivity contribution < 1.29 is 9.90 Å². The first kappa shape index (κ1) is 10.1. The Morgan fingerprint density at radius 2 is 2.62 bits per heavy atom. The van der Waals surface area contributed by atoms with Gasteiger partial charge in [-0.1, -0.05) is 18.2 Å². The van der Waals surface area contributed by atoms with E-state index in [9.17, 15) is 4.79 Å². The van der Waals surface area contributed by atoms with Gasteiger partial charge in [0.25, 0.3) is 0 Å². The SMILES string of the molecule is O=C(O)C(CS)N=CC1=CCC=C1. The minimum absolute atomic E-state index is 0.225. The topological polar surface area (TPSA) is 49.7 Å². The summed E-state index contributed by atoms with van der Waals surface area (Å²) in [5.41, 5.74) is 0.966. The fourth-order valence-electron chi connectivity index (χ4n) is 0.937. The molecule has 0 bridgehead atoms. The first-order chi connectivity index (χ1) is 6.24. The summed E-state index contributed by atoms with van der Waals surface area (Å²) >= 11 is 3.90. The number of nitrogens with zero attached hydrogens (tertiary/aromatic N) is 1. The Morgan fingerprint density at radius 3 is 3.08 bits per heavy atom. The lowest BCUT2D eigenvalue weighted by molar-refractivity contribution is -0.137. The molecule has 3 nitrogen and oxygen atoms in total. The number of aliphatic carboxylic acids is 1. The first-order valence-corrected chi connectivity index (χ1v) is 4.61. The zero-order valence-electron chi connectivity index (χ0n) is 7.05. The van der Waals surface area contributed by atoms with E-state index in [-0.39, 0.29) is 5.75 Å². The third kappa shape index (κ3) is 3.06. The van der Waals surface area contributed by atoms with Crippen LogP contribution >= 0.6 is 12.6 Å². The number of hydrogen-bond acceptors (Lipinski definition) is 3. The van der Waals surface area contributed by atoms with E-state index in [2.05, 4.69) is 17.6 Å². The molecule has 1 rings (SSSR count). The number of rotatable bonds is 4. The Hall–Kier alpha value is -1.03. The highest BCUT2D eigenvalue weighted by atomic mass is 32.1. The standard InChI is InChI=1S/C9H11NO2S/c11-9(12)8(6-13)10-5-7-3-1-2-4-7/h1,3-5,8,13H,2,6H2,(H,11,12). The molecule has 0 saturated heterocycles. The number of carbonyl (C=O) groups is 1. The predicted octanol–water partition coefficient (Wildman–Crippen LogP) is 1.33. The molecule has 0 aromatic carbocycles. The third-order valence-corrected chi connectivity index (χ3v) is 2.01. The van der Waals surface area contributed by atoms with Crippen LogP contribution in [-0.4, -0.2) is 29.1 Å². The molecule has 0 aromatic heterocycles. The van der Waals surface area contributed by atoms with E-state index < -0.39 is 12.0 Å². The van der Waals surface area contributed by atoms with Gasteiger partial charge in [0.15, 0.2) is 6.04 Å². The maximum absolute atomic E-state index is 10.5. The Morgan fingerprint density at radius 1 is 1.85 bits per heavy atom. The summed E-state index contributed by atoms with van der Waals surface area (Å²) in [6, 6.07) is -0.738. The molecular formula is C9H11NO2S. The molecule has 0 fully saturated rings. The molecule has 4 heteroatoms.